The number of methoxy groups -OCH3 is 2. The molecular weight excluding hydrogens is 392 g/mol. The van der Waals surface area contributed by atoms with Gasteiger partial charge in [-0.05, 0) is 53.6 Å². The molecule has 2 aromatic heterocycles. The van der Waals surface area contributed by atoms with Gasteiger partial charge in [-0.15, -0.1) is 0 Å². The molecule has 0 atom stereocenters. The summed E-state index contributed by atoms with van der Waals surface area (Å²) < 4.78 is 10.7. The number of pyridine rings is 2. The van der Waals surface area contributed by atoms with Crippen molar-refractivity contribution in [3.05, 3.63) is 78.8 Å². The molecule has 0 fully saturated rings. The van der Waals surface area contributed by atoms with Gasteiger partial charge in [-0.2, -0.15) is 0 Å². The molecule has 0 aliphatic rings. The summed E-state index contributed by atoms with van der Waals surface area (Å²) in [6, 6.07) is 16.8. The van der Waals surface area contributed by atoms with Crippen molar-refractivity contribution < 1.29 is 14.3 Å². The number of rotatable bonds is 6. The van der Waals surface area contributed by atoms with E-state index in [4.69, 9.17) is 9.47 Å². The van der Waals surface area contributed by atoms with E-state index in [1.54, 1.807) is 32.8 Å². The summed E-state index contributed by atoms with van der Waals surface area (Å²) in [4.78, 5) is 20.7. The summed E-state index contributed by atoms with van der Waals surface area (Å²) >= 11 is 0. The van der Waals surface area contributed by atoms with Gasteiger partial charge in [0.25, 0.3) is 0 Å². The van der Waals surface area contributed by atoms with Crippen molar-refractivity contribution in [3.63, 3.8) is 0 Å². The molecule has 4 rings (SSSR count). The van der Waals surface area contributed by atoms with Crippen LogP contribution in [0.3, 0.4) is 0 Å². The van der Waals surface area contributed by atoms with E-state index >= 15 is 0 Å². The predicted molar refractivity (Wildman–Crippen MR) is 120 cm³/mol. The Hall–Kier alpha value is -4.13. The lowest BCUT2D eigenvalue weighted by Crippen LogP contribution is -2.28. The first-order valence-electron chi connectivity index (χ1n) is 9.71. The molecule has 2 aromatic carbocycles. The fourth-order valence-corrected chi connectivity index (χ4v) is 3.19. The minimum Gasteiger partial charge on any atom is -0.497 e. The number of hydrogen-bond acceptors (Lipinski definition) is 5. The zero-order valence-corrected chi connectivity index (χ0v) is 17.3. The molecule has 4 aromatic rings. The van der Waals surface area contributed by atoms with Crippen LogP contribution in [-0.4, -0.2) is 30.2 Å². The fraction of sp³-hybridized carbons (Fsp3) is 0.125. The first kappa shape index (κ1) is 20.2. The summed E-state index contributed by atoms with van der Waals surface area (Å²) in [7, 11) is 3.25. The van der Waals surface area contributed by atoms with Crippen molar-refractivity contribution in [1.82, 2.24) is 15.3 Å². The maximum Gasteiger partial charge on any atom is 0.319 e. The van der Waals surface area contributed by atoms with Gasteiger partial charge in [0.05, 0.1) is 19.7 Å². The third-order valence-electron chi connectivity index (χ3n) is 4.83. The highest BCUT2D eigenvalue weighted by Crippen LogP contribution is 2.31. The summed E-state index contributed by atoms with van der Waals surface area (Å²) in [5, 5.41) is 6.63. The Bertz CT molecular complexity index is 1190. The number of benzene rings is 2. The van der Waals surface area contributed by atoms with E-state index in [0.29, 0.717) is 23.7 Å². The molecule has 0 radical (unpaired) electrons. The lowest BCUT2D eigenvalue weighted by Gasteiger charge is -2.10. The van der Waals surface area contributed by atoms with Crippen molar-refractivity contribution in [2.75, 3.05) is 19.5 Å². The van der Waals surface area contributed by atoms with Crippen molar-refractivity contribution in [2.45, 2.75) is 6.54 Å². The monoisotopic (exact) mass is 414 g/mol. The van der Waals surface area contributed by atoms with Crippen LogP contribution >= 0.6 is 0 Å². The molecule has 2 heterocycles. The van der Waals surface area contributed by atoms with Crippen molar-refractivity contribution in [3.8, 4) is 22.6 Å². The molecule has 0 saturated carbocycles. The number of carbonyl (C=O) groups is 1. The zero-order chi connectivity index (χ0) is 21.6. The number of ether oxygens (including phenoxy) is 2. The zero-order valence-electron chi connectivity index (χ0n) is 17.3. The van der Waals surface area contributed by atoms with E-state index in [2.05, 4.69) is 20.6 Å². The van der Waals surface area contributed by atoms with Crippen LogP contribution < -0.4 is 20.1 Å². The second-order valence-electron chi connectivity index (χ2n) is 6.90. The van der Waals surface area contributed by atoms with Gasteiger partial charge < -0.3 is 20.1 Å². The van der Waals surface area contributed by atoms with Gasteiger partial charge >= 0.3 is 6.03 Å². The van der Waals surface area contributed by atoms with E-state index in [1.807, 2.05) is 54.6 Å². The highest BCUT2D eigenvalue weighted by molar-refractivity contribution is 5.93. The standard InChI is InChI=1S/C24H22N4O3/c1-30-21-10-18(11-22(13-21)31-2)19-9-17-3-4-20(12-23(17)26-15-19)28-24(29)27-14-16-5-7-25-8-6-16/h3-13,15H,14H2,1-2H3,(H2,27,28,29). The van der Waals surface area contributed by atoms with E-state index in [1.165, 1.54) is 0 Å². The van der Waals surface area contributed by atoms with Gasteiger partial charge in [-0.1, -0.05) is 6.07 Å². The fourth-order valence-electron chi connectivity index (χ4n) is 3.19. The van der Waals surface area contributed by atoms with Crippen LogP contribution in [0.15, 0.2) is 73.2 Å². The lowest BCUT2D eigenvalue weighted by atomic mass is 10.0. The summed E-state index contributed by atoms with van der Waals surface area (Å²) in [6.07, 6.45) is 5.18. The van der Waals surface area contributed by atoms with Gasteiger partial charge in [0.2, 0.25) is 0 Å². The number of aromatic nitrogens is 2. The second kappa shape index (κ2) is 9.13. The molecule has 0 spiro atoms. The van der Waals surface area contributed by atoms with E-state index in [9.17, 15) is 4.79 Å². The number of urea groups is 1. The molecule has 2 N–H and O–H groups in total. The maximum absolute atomic E-state index is 12.2. The Balaban J connectivity index is 1.50. The molecular formula is C24H22N4O3. The normalized spacial score (nSPS) is 10.5. The Kier molecular flexibility index (Phi) is 5.93. The Morgan fingerprint density at radius 2 is 1.65 bits per heavy atom. The molecule has 0 aliphatic heterocycles. The van der Waals surface area contributed by atoms with Gasteiger partial charge in [0.15, 0.2) is 0 Å². The topological polar surface area (TPSA) is 85.4 Å². The SMILES string of the molecule is COc1cc(OC)cc(-c2cnc3cc(NC(=O)NCc4ccncc4)ccc3c2)c1. The third-order valence-corrected chi connectivity index (χ3v) is 4.83. The molecule has 0 aliphatic carbocycles. The van der Waals surface area contributed by atoms with Crippen LogP contribution in [0.4, 0.5) is 10.5 Å². The van der Waals surface area contributed by atoms with Crippen molar-refractivity contribution >= 4 is 22.6 Å². The molecule has 31 heavy (non-hydrogen) atoms. The van der Waals surface area contributed by atoms with Crippen LogP contribution in [-0.2, 0) is 6.54 Å². The van der Waals surface area contributed by atoms with E-state index in [-0.39, 0.29) is 6.03 Å². The van der Waals surface area contributed by atoms with Crippen molar-refractivity contribution in [1.29, 1.82) is 0 Å². The highest BCUT2D eigenvalue weighted by atomic mass is 16.5. The van der Waals surface area contributed by atoms with E-state index in [0.717, 1.165) is 27.6 Å². The number of hydrogen-bond donors (Lipinski definition) is 2. The smallest absolute Gasteiger partial charge is 0.319 e. The number of nitrogens with zero attached hydrogens (tertiary/aromatic N) is 2. The number of anilines is 1. The van der Waals surface area contributed by atoms with Crippen LogP contribution in [0.2, 0.25) is 0 Å². The Labute approximate surface area is 180 Å². The van der Waals surface area contributed by atoms with Crippen molar-refractivity contribution in [2.24, 2.45) is 0 Å². The quantitative estimate of drug-likeness (QED) is 0.480. The average molecular weight is 414 g/mol. The van der Waals surface area contributed by atoms with Crippen LogP contribution in [0.25, 0.3) is 22.0 Å². The summed E-state index contributed by atoms with van der Waals surface area (Å²) in [6.45, 7) is 0.424. The first-order valence-corrected chi connectivity index (χ1v) is 9.71. The predicted octanol–water partition coefficient (Wildman–Crippen LogP) is 4.64. The van der Waals surface area contributed by atoms with E-state index < -0.39 is 0 Å². The van der Waals surface area contributed by atoms with Gasteiger partial charge in [-0.25, -0.2) is 4.79 Å². The molecule has 7 heteroatoms. The molecule has 156 valence electrons. The molecule has 2 amide bonds. The van der Waals surface area contributed by atoms with Gasteiger partial charge in [0.1, 0.15) is 11.5 Å². The Morgan fingerprint density at radius 3 is 2.35 bits per heavy atom. The van der Waals surface area contributed by atoms with Gasteiger partial charge in [-0.3, -0.25) is 9.97 Å². The lowest BCUT2D eigenvalue weighted by molar-refractivity contribution is 0.251. The third kappa shape index (κ3) is 4.90. The molecule has 0 saturated heterocycles. The summed E-state index contributed by atoms with van der Waals surface area (Å²) in [5.41, 5.74) is 4.32. The number of carbonyl (C=O) groups excluding carboxylic acids is 1. The highest BCUT2D eigenvalue weighted by Gasteiger charge is 2.08. The van der Waals surface area contributed by atoms with Gasteiger partial charge in [0, 0.05) is 47.8 Å². The molecule has 7 nitrogen and oxygen atoms in total. The van der Waals surface area contributed by atoms with Crippen LogP contribution in [0.1, 0.15) is 5.56 Å². The first-order chi connectivity index (χ1) is 15.1. The minimum absolute atomic E-state index is 0.281. The Morgan fingerprint density at radius 1 is 0.903 bits per heavy atom. The maximum atomic E-state index is 12.2. The molecule has 0 unspecified atom stereocenters. The average Bonchev–Trinajstić information content (AvgIpc) is 2.82. The minimum atomic E-state index is -0.281. The molecule has 0 bridgehead atoms. The second-order valence-corrected chi connectivity index (χ2v) is 6.90. The largest absolute Gasteiger partial charge is 0.497 e. The van der Waals surface area contributed by atoms with Crippen LogP contribution in [0, 0.1) is 0 Å². The number of fused-ring (bicyclic) bond motifs is 1. The van der Waals surface area contributed by atoms with Crippen LogP contribution in [0.5, 0.6) is 11.5 Å². The summed E-state index contributed by atoms with van der Waals surface area (Å²) in [5.74, 6) is 1.43. The number of nitrogens with one attached hydrogen (secondary N) is 2. The number of amides is 2.